The summed E-state index contributed by atoms with van der Waals surface area (Å²) in [5.41, 5.74) is 0.151. The van der Waals surface area contributed by atoms with E-state index in [9.17, 15) is 48.3 Å². The van der Waals surface area contributed by atoms with Crippen LogP contribution in [0.5, 0.6) is 0 Å². The Balaban J connectivity index is 0.000000141. The number of hydrogen-bond acceptors (Lipinski definition) is 4. The second-order valence-electron chi connectivity index (χ2n) is 18.7. The van der Waals surface area contributed by atoms with E-state index in [2.05, 4.69) is 38.7 Å². The number of halogens is 11. The van der Waals surface area contributed by atoms with Gasteiger partial charge in [0.2, 0.25) is 0 Å². The maximum atomic E-state index is 14.5. The molecule has 0 aromatic carbocycles. The highest BCUT2D eigenvalue weighted by Crippen LogP contribution is 2.68. The molecule has 352 valence electrons. The Kier molecular flexibility index (Phi) is 13.7. The minimum absolute atomic E-state index is 0.0112. The number of hydrogen-bond donors (Lipinski definition) is 0. The molecule has 1 fully saturated rings. The fraction of sp³-hybridized carbons (Fsp3) is 0.727. The SMILES string of the molecule is CC(C)n1cnc2c1CCCC2.CC(C)n1nc(C(F)(F)F)c2c1CCCC2.CC(C)n1nc(C(F)F)c2c1C(C)(F)CCC2.CC(C)n1nc2c(c1C(F)(F)F)C(F)(F)C1CC21. The predicted octanol–water partition coefficient (Wildman–Crippen LogP) is 13.3. The molecule has 3 unspecified atom stereocenters. The molecule has 1 saturated carbocycles. The first-order chi connectivity index (χ1) is 29.2. The van der Waals surface area contributed by atoms with E-state index in [0.29, 0.717) is 53.2 Å². The molecule has 3 atom stereocenters. The molecule has 4 aromatic heterocycles. The number of fused-ring (bicyclic) bond motifs is 6. The minimum Gasteiger partial charge on any atom is -0.332 e. The Morgan fingerprint density at radius 2 is 1.22 bits per heavy atom. The third-order valence-electron chi connectivity index (χ3n) is 12.5. The van der Waals surface area contributed by atoms with Crippen LogP contribution in [0.3, 0.4) is 0 Å². The van der Waals surface area contributed by atoms with Crippen LogP contribution in [0.15, 0.2) is 6.33 Å². The van der Waals surface area contributed by atoms with Gasteiger partial charge < -0.3 is 4.57 Å². The molecule has 5 aliphatic rings. The van der Waals surface area contributed by atoms with Gasteiger partial charge in [0.1, 0.15) is 11.4 Å². The zero-order valence-corrected chi connectivity index (χ0v) is 37.3. The Bertz CT molecular complexity index is 2220. The van der Waals surface area contributed by atoms with Crippen LogP contribution in [0.2, 0.25) is 0 Å². The summed E-state index contributed by atoms with van der Waals surface area (Å²) < 4.78 is 151. The van der Waals surface area contributed by atoms with E-state index in [1.165, 1.54) is 67.2 Å². The first-order valence-corrected chi connectivity index (χ1v) is 22.1. The third kappa shape index (κ3) is 9.58. The summed E-state index contributed by atoms with van der Waals surface area (Å²) in [6, 6.07) is -0.146. The molecule has 0 radical (unpaired) electrons. The molecule has 4 aromatic rings. The number of aryl methyl sites for hydroxylation is 1. The molecule has 0 spiro atoms. The van der Waals surface area contributed by atoms with Crippen LogP contribution in [0, 0.1) is 5.92 Å². The highest BCUT2D eigenvalue weighted by Gasteiger charge is 2.68. The molecule has 0 aliphatic heterocycles. The molecule has 9 rings (SSSR count). The molecule has 0 bridgehead atoms. The summed E-state index contributed by atoms with van der Waals surface area (Å²) in [5, 5.41) is 11.5. The van der Waals surface area contributed by atoms with Crippen molar-refractivity contribution in [1.82, 2.24) is 38.9 Å². The largest absolute Gasteiger partial charge is 0.435 e. The van der Waals surface area contributed by atoms with Gasteiger partial charge in [0.25, 0.3) is 12.3 Å². The zero-order chi connectivity index (χ0) is 46.7. The molecule has 8 nitrogen and oxygen atoms in total. The van der Waals surface area contributed by atoms with Crippen LogP contribution in [0.25, 0.3) is 0 Å². The van der Waals surface area contributed by atoms with Gasteiger partial charge in [-0.3, -0.25) is 14.0 Å². The number of rotatable bonds is 5. The molecule has 19 heteroatoms. The van der Waals surface area contributed by atoms with E-state index >= 15 is 0 Å². The van der Waals surface area contributed by atoms with Crippen molar-refractivity contribution < 1.29 is 48.3 Å². The molecule has 4 heterocycles. The van der Waals surface area contributed by atoms with Crippen molar-refractivity contribution >= 4 is 0 Å². The van der Waals surface area contributed by atoms with E-state index < -0.39 is 65.2 Å². The van der Waals surface area contributed by atoms with Crippen LogP contribution in [-0.4, -0.2) is 38.9 Å². The van der Waals surface area contributed by atoms with Gasteiger partial charge in [-0.15, -0.1) is 0 Å². The summed E-state index contributed by atoms with van der Waals surface area (Å²) >= 11 is 0. The number of alkyl halides is 11. The molecule has 0 saturated heterocycles. The van der Waals surface area contributed by atoms with E-state index in [1.807, 2.05) is 34.0 Å². The van der Waals surface area contributed by atoms with Gasteiger partial charge in [0.05, 0.1) is 29.0 Å². The van der Waals surface area contributed by atoms with Crippen molar-refractivity contribution in [2.24, 2.45) is 5.92 Å². The fourth-order valence-corrected chi connectivity index (χ4v) is 9.54. The van der Waals surface area contributed by atoms with Gasteiger partial charge in [0, 0.05) is 58.5 Å². The van der Waals surface area contributed by atoms with Crippen molar-refractivity contribution in [3.05, 3.63) is 68.6 Å². The van der Waals surface area contributed by atoms with Crippen molar-refractivity contribution in [2.75, 3.05) is 0 Å². The number of aromatic nitrogens is 8. The van der Waals surface area contributed by atoms with Gasteiger partial charge in [0.15, 0.2) is 11.4 Å². The maximum Gasteiger partial charge on any atom is 0.435 e. The van der Waals surface area contributed by atoms with E-state index in [4.69, 9.17) is 0 Å². The minimum atomic E-state index is -4.80. The summed E-state index contributed by atoms with van der Waals surface area (Å²) in [5.74, 6) is -4.85. The van der Waals surface area contributed by atoms with Gasteiger partial charge in [-0.1, -0.05) is 0 Å². The molecule has 63 heavy (non-hydrogen) atoms. The summed E-state index contributed by atoms with van der Waals surface area (Å²) in [6.07, 6.45) is 0.0789. The quantitative estimate of drug-likeness (QED) is 0.187. The lowest BCUT2D eigenvalue weighted by atomic mass is 9.85. The van der Waals surface area contributed by atoms with Crippen molar-refractivity contribution in [3.63, 3.8) is 0 Å². The monoisotopic (exact) mass is 908 g/mol. The van der Waals surface area contributed by atoms with Crippen molar-refractivity contribution in [3.8, 4) is 0 Å². The van der Waals surface area contributed by atoms with Gasteiger partial charge in [-0.05, 0) is 139 Å². The van der Waals surface area contributed by atoms with E-state index in [0.717, 1.165) is 25.0 Å². The lowest BCUT2D eigenvalue weighted by Crippen LogP contribution is -2.26. The van der Waals surface area contributed by atoms with Crippen LogP contribution in [0.1, 0.15) is 206 Å². The Hall–Kier alpha value is -3.93. The molecule has 0 amide bonds. The smallest absolute Gasteiger partial charge is 0.332 e. The third-order valence-corrected chi connectivity index (χ3v) is 12.5. The Morgan fingerprint density at radius 3 is 1.78 bits per heavy atom. The number of imidazole rings is 1. The first kappa shape index (κ1) is 48.5. The molecule has 5 aliphatic carbocycles. The lowest BCUT2D eigenvalue weighted by Gasteiger charge is -2.28. The van der Waals surface area contributed by atoms with Crippen LogP contribution < -0.4 is 0 Å². The van der Waals surface area contributed by atoms with E-state index in [-0.39, 0.29) is 29.9 Å². The average Bonchev–Trinajstić information content (AvgIpc) is 3.58. The number of nitrogens with zero attached hydrogens (tertiary/aromatic N) is 8. The second kappa shape index (κ2) is 17.8. The predicted molar refractivity (Wildman–Crippen MR) is 215 cm³/mol. The van der Waals surface area contributed by atoms with Crippen molar-refractivity contribution in [2.45, 2.75) is 200 Å². The summed E-state index contributed by atoms with van der Waals surface area (Å²) in [6.45, 7) is 16.3. The average molecular weight is 909 g/mol. The highest BCUT2D eigenvalue weighted by molar-refractivity contribution is 5.46. The molecule has 0 N–H and O–H groups in total. The van der Waals surface area contributed by atoms with E-state index in [1.54, 1.807) is 0 Å². The van der Waals surface area contributed by atoms with Gasteiger partial charge >= 0.3 is 12.4 Å². The van der Waals surface area contributed by atoms with Gasteiger partial charge in [-0.25, -0.2) is 26.9 Å². The first-order valence-electron chi connectivity index (χ1n) is 22.1. The fourth-order valence-electron chi connectivity index (χ4n) is 9.54. The van der Waals surface area contributed by atoms with Crippen molar-refractivity contribution in [1.29, 1.82) is 0 Å². The normalized spacial score (nSPS) is 22.1. The molecular weight excluding hydrogens is 850 g/mol. The van der Waals surface area contributed by atoms with Gasteiger partial charge in [-0.2, -0.15) is 41.6 Å². The summed E-state index contributed by atoms with van der Waals surface area (Å²) in [4.78, 5) is 4.44. The zero-order valence-electron chi connectivity index (χ0n) is 37.3. The Morgan fingerprint density at radius 1 is 0.651 bits per heavy atom. The summed E-state index contributed by atoms with van der Waals surface area (Å²) in [7, 11) is 0. The van der Waals surface area contributed by atoms with Crippen LogP contribution in [0.4, 0.5) is 48.3 Å². The second-order valence-corrected chi connectivity index (χ2v) is 18.7. The lowest BCUT2D eigenvalue weighted by molar-refractivity contribution is -0.149. The molecular formula is C44H59F11N8. The Labute approximate surface area is 361 Å². The van der Waals surface area contributed by atoms with Crippen LogP contribution >= 0.6 is 0 Å². The topological polar surface area (TPSA) is 71.3 Å². The maximum absolute atomic E-state index is 14.5. The highest BCUT2D eigenvalue weighted by atomic mass is 19.4. The standard InChI is InChI=1S/C12H17F3N2.C11H11F5N2.C11H15F3N2.C10H16N2/c1-7(2)17-10-8(9(16-17)11(13)14)5-4-6-12(10,3)15;1-4(2)18-9(11(14,15)16)7-8(17-18)5-3-6(5)10(7,12)13;1-7(2)16-9-6-4-3-5-8(9)10(15-16)11(12,13)14;1-8(2)12-7-11-9-5-3-4-6-10(9)12/h7,11H,4-6H2,1-3H3;4-6H,3H2,1-2H3;7H,3-6H2,1-2H3;7-8H,3-6H2,1-2H3. The van der Waals surface area contributed by atoms with Crippen LogP contribution in [-0.2, 0) is 56.0 Å².